The van der Waals surface area contributed by atoms with Crippen LogP contribution in [0, 0.1) is 5.92 Å². The van der Waals surface area contributed by atoms with Crippen molar-refractivity contribution in [2.75, 3.05) is 17.2 Å². The van der Waals surface area contributed by atoms with E-state index in [4.69, 9.17) is 4.98 Å². The summed E-state index contributed by atoms with van der Waals surface area (Å²) in [5.41, 5.74) is 4.27. The molecule has 0 radical (unpaired) electrons. The zero-order valence-corrected chi connectivity index (χ0v) is 27.2. The van der Waals surface area contributed by atoms with Crippen LogP contribution in [0.25, 0.3) is 22.1 Å². The summed E-state index contributed by atoms with van der Waals surface area (Å²) in [6.07, 6.45) is 14.6. The molecule has 0 aliphatic heterocycles. The number of nitrogens with one attached hydrogen (secondary N) is 3. The van der Waals surface area contributed by atoms with Gasteiger partial charge in [-0.25, -0.2) is 13.1 Å². The largest absolute Gasteiger partial charge is 0.347 e. The summed E-state index contributed by atoms with van der Waals surface area (Å²) < 4.78 is 34.5. The molecule has 3 N–H and O–H groups in total. The maximum absolute atomic E-state index is 14.0. The van der Waals surface area contributed by atoms with Crippen molar-refractivity contribution in [2.45, 2.75) is 56.0 Å². The Morgan fingerprint density at radius 2 is 1.50 bits per heavy atom. The summed E-state index contributed by atoms with van der Waals surface area (Å²) in [5, 5.41) is 25.7. The first-order chi connectivity index (χ1) is 23.4. The molecule has 0 unspecified atom stereocenters. The molecule has 5 heterocycles. The molecule has 0 amide bonds. The van der Waals surface area contributed by atoms with Crippen molar-refractivity contribution in [1.29, 1.82) is 0 Å². The fraction of sp³-hybridized carbons (Fsp3) is 0.303. The average molecular weight is 663 g/mol. The summed E-state index contributed by atoms with van der Waals surface area (Å²) in [6.45, 7) is 4.29. The van der Waals surface area contributed by atoms with Crippen molar-refractivity contribution in [3.63, 3.8) is 0 Å². The first-order valence-corrected chi connectivity index (χ1v) is 17.4. The highest BCUT2D eigenvalue weighted by Crippen LogP contribution is 2.48. The summed E-state index contributed by atoms with van der Waals surface area (Å²) in [6, 6.07) is 10.7. The van der Waals surface area contributed by atoms with Crippen LogP contribution in [-0.4, -0.2) is 59.4 Å². The Morgan fingerprint density at radius 3 is 2.08 bits per heavy atom. The molecular formula is C33H34N12O2S. The molecule has 2 atom stereocenters. The van der Waals surface area contributed by atoms with Gasteiger partial charge in [-0.2, -0.15) is 0 Å². The van der Waals surface area contributed by atoms with Gasteiger partial charge < -0.3 is 10.6 Å². The van der Waals surface area contributed by atoms with Gasteiger partial charge in [0.1, 0.15) is 12.7 Å². The molecule has 244 valence electrons. The monoisotopic (exact) mass is 662 g/mol. The Balaban J connectivity index is 1.27. The van der Waals surface area contributed by atoms with Crippen molar-refractivity contribution in [3.05, 3.63) is 96.9 Å². The van der Waals surface area contributed by atoms with Crippen LogP contribution < -0.4 is 15.4 Å². The minimum absolute atomic E-state index is 0.142. The zero-order valence-electron chi connectivity index (χ0n) is 26.4. The van der Waals surface area contributed by atoms with Gasteiger partial charge in [-0.3, -0.25) is 24.1 Å². The van der Waals surface area contributed by atoms with Crippen LogP contribution >= 0.6 is 0 Å². The Hall–Kier alpha value is -5.28. The lowest BCUT2D eigenvalue weighted by Crippen LogP contribution is -2.28. The maximum atomic E-state index is 14.0. The molecule has 2 aliphatic rings. The number of sulfonamides is 1. The third kappa shape index (κ3) is 5.64. The van der Waals surface area contributed by atoms with Crippen LogP contribution in [0.3, 0.4) is 0 Å². The summed E-state index contributed by atoms with van der Waals surface area (Å²) in [5.74, 6) is 1.53. The van der Waals surface area contributed by atoms with Gasteiger partial charge in [0.25, 0.3) is 0 Å². The summed E-state index contributed by atoms with van der Waals surface area (Å²) in [7, 11) is -3.87. The zero-order chi connectivity index (χ0) is 32.8. The van der Waals surface area contributed by atoms with E-state index in [9.17, 15) is 8.42 Å². The number of fused-ring (bicyclic) bond motifs is 3. The molecule has 1 fully saturated rings. The molecular weight excluding hydrogens is 629 g/mol. The highest BCUT2D eigenvalue weighted by Gasteiger charge is 2.37. The second-order valence-electron chi connectivity index (χ2n) is 12.7. The molecule has 5 aromatic heterocycles. The number of nitrogens with zero attached hydrogens (tertiary/aromatic N) is 9. The number of hydrogen-bond donors (Lipinski definition) is 3. The molecule has 6 aromatic rings. The second kappa shape index (κ2) is 12.1. The minimum atomic E-state index is -3.87. The smallest absolute Gasteiger partial charge is 0.241 e. The molecule has 8 rings (SSSR count). The number of rotatable bonds is 11. The Bertz CT molecular complexity index is 2200. The molecule has 1 saturated carbocycles. The fourth-order valence-corrected chi connectivity index (χ4v) is 7.74. The third-order valence-electron chi connectivity index (χ3n) is 8.79. The quantitative estimate of drug-likeness (QED) is 0.176. The van der Waals surface area contributed by atoms with Crippen LogP contribution in [0.5, 0.6) is 0 Å². The number of benzene rings is 1. The van der Waals surface area contributed by atoms with E-state index in [1.165, 1.54) is 0 Å². The molecule has 48 heavy (non-hydrogen) atoms. The van der Waals surface area contributed by atoms with E-state index in [-0.39, 0.29) is 22.9 Å². The Morgan fingerprint density at radius 1 is 0.854 bits per heavy atom. The predicted octanol–water partition coefficient (Wildman–Crippen LogP) is 4.71. The van der Waals surface area contributed by atoms with E-state index in [0.717, 1.165) is 46.4 Å². The second-order valence-corrected chi connectivity index (χ2v) is 14.4. The predicted molar refractivity (Wildman–Crippen MR) is 179 cm³/mol. The van der Waals surface area contributed by atoms with Crippen molar-refractivity contribution in [3.8, 4) is 11.4 Å². The van der Waals surface area contributed by atoms with Crippen LogP contribution in [0.4, 0.5) is 11.9 Å². The molecule has 0 spiro atoms. The Kier molecular flexibility index (Phi) is 7.56. The lowest BCUT2D eigenvalue weighted by atomic mass is 9.98. The van der Waals surface area contributed by atoms with Crippen molar-refractivity contribution in [1.82, 2.24) is 49.2 Å². The third-order valence-corrected chi connectivity index (χ3v) is 10.3. The molecule has 0 saturated heterocycles. The molecule has 0 bridgehead atoms. The topological polar surface area (TPSA) is 170 Å². The van der Waals surface area contributed by atoms with Gasteiger partial charge in [0.2, 0.25) is 21.9 Å². The van der Waals surface area contributed by atoms with Crippen molar-refractivity contribution >= 4 is 32.7 Å². The normalized spacial score (nSPS) is 17.6. The average Bonchev–Trinajstić information content (AvgIpc) is 3.51. The van der Waals surface area contributed by atoms with Crippen LogP contribution in [0.15, 0.2) is 84.9 Å². The molecule has 14 nitrogen and oxygen atoms in total. The van der Waals surface area contributed by atoms with E-state index in [2.05, 4.69) is 45.7 Å². The van der Waals surface area contributed by atoms with Gasteiger partial charge in [0.05, 0.1) is 40.7 Å². The van der Waals surface area contributed by atoms with E-state index in [1.54, 1.807) is 37.4 Å². The van der Waals surface area contributed by atoms with Crippen molar-refractivity contribution in [2.24, 2.45) is 5.92 Å². The van der Waals surface area contributed by atoms with Gasteiger partial charge in [-0.15, -0.1) is 20.4 Å². The van der Waals surface area contributed by atoms with E-state index in [0.29, 0.717) is 36.2 Å². The number of anilines is 2. The molecule has 1 aromatic carbocycles. The van der Waals surface area contributed by atoms with E-state index in [1.807, 2.05) is 65.6 Å². The molecule has 15 heteroatoms. The van der Waals surface area contributed by atoms with Gasteiger partial charge in [0, 0.05) is 47.5 Å². The summed E-state index contributed by atoms with van der Waals surface area (Å²) in [4.78, 5) is 13.6. The van der Waals surface area contributed by atoms with Crippen LogP contribution in [0.2, 0.25) is 0 Å². The van der Waals surface area contributed by atoms with Crippen molar-refractivity contribution < 1.29 is 8.42 Å². The maximum Gasteiger partial charge on any atom is 0.241 e. The number of pyridine rings is 3. The minimum Gasteiger partial charge on any atom is -0.347 e. The lowest BCUT2D eigenvalue weighted by Gasteiger charge is -2.19. The van der Waals surface area contributed by atoms with E-state index < -0.39 is 10.0 Å². The highest BCUT2D eigenvalue weighted by molar-refractivity contribution is 7.89. The number of hydrogen-bond acceptors (Lipinski definition) is 11. The first-order valence-electron chi connectivity index (χ1n) is 16.0. The van der Waals surface area contributed by atoms with Gasteiger partial charge >= 0.3 is 0 Å². The fourth-order valence-electron chi connectivity index (χ4n) is 6.30. The van der Waals surface area contributed by atoms with Gasteiger partial charge in [-0.1, -0.05) is 13.8 Å². The SMILES string of the molecule is CC(C)CNS(=O)(=O)c1cc2c(c3cnc(C4CC4)cc13)[C@@H](Nc1nncn1-c1cccnc1)C[C@H]2Nc1nncn1-c1cccnc1. The number of aromatic nitrogens is 9. The summed E-state index contributed by atoms with van der Waals surface area (Å²) >= 11 is 0. The lowest BCUT2D eigenvalue weighted by molar-refractivity contribution is 0.561. The van der Waals surface area contributed by atoms with Crippen LogP contribution in [0.1, 0.15) is 67.9 Å². The van der Waals surface area contributed by atoms with Gasteiger partial charge in [-0.05, 0) is 72.7 Å². The highest BCUT2D eigenvalue weighted by atomic mass is 32.2. The van der Waals surface area contributed by atoms with E-state index >= 15 is 0 Å². The molecule has 2 aliphatic carbocycles. The first kappa shape index (κ1) is 30.1. The Labute approximate surface area is 277 Å². The van der Waals surface area contributed by atoms with Crippen LogP contribution in [-0.2, 0) is 10.0 Å². The standard InChI is InChI=1S/C33H34N12O2S/c1-20(2)14-39-48(46,47)30-12-25-28(40-32-42-37-18-44(32)22-5-3-9-34-15-22)13-29(31(25)26-17-36-27(11-24(26)30)21-7-8-21)41-33-43-38-19-45(33)23-6-4-10-35-16-23/h3-6,9-12,15-21,28-29,39H,7-8,13-14H2,1-2H3,(H,40,42)(H,41,43)/t28-,29+/m1/s1. The van der Waals surface area contributed by atoms with Gasteiger partial charge in [0.15, 0.2) is 0 Å².